The second kappa shape index (κ2) is 5.31. The Hall–Kier alpha value is -1.03. The summed E-state index contributed by atoms with van der Waals surface area (Å²) in [5.74, 6) is -0.437. The summed E-state index contributed by atoms with van der Waals surface area (Å²) >= 11 is 4.09. The minimum absolute atomic E-state index is 0.0249. The lowest BCUT2D eigenvalue weighted by Crippen LogP contribution is -2.35. The minimum atomic E-state index is -0.412. The Bertz CT molecular complexity index is 455. The van der Waals surface area contributed by atoms with Crippen molar-refractivity contribution >= 4 is 24.2 Å². The van der Waals surface area contributed by atoms with Crippen molar-refractivity contribution < 1.29 is 9.18 Å². The lowest BCUT2D eigenvalue weighted by atomic mass is 9.75. The van der Waals surface area contributed by atoms with Crippen LogP contribution in [0.5, 0.6) is 0 Å². The number of rotatable bonds is 2. The molecule has 1 aliphatic rings. The molecule has 0 radical (unpaired) electrons. The first-order valence-electron chi connectivity index (χ1n) is 6.32. The molecule has 18 heavy (non-hydrogen) atoms. The zero-order valence-corrected chi connectivity index (χ0v) is 11.4. The van der Waals surface area contributed by atoms with Gasteiger partial charge in [-0.15, -0.1) is 12.6 Å². The van der Waals surface area contributed by atoms with E-state index in [1.165, 1.54) is 12.5 Å². The predicted molar refractivity (Wildman–Crippen MR) is 73.5 cm³/mol. The van der Waals surface area contributed by atoms with Crippen molar-refractivity contribution in [3.8, 4) is 0 Å². The Balaban J connectivity index is 2.13. The van der Waals surface area contributed by atoms with Crippen molar-refractivity contribution in [1.82, 2.24) is 0 Å². The van der Waals surface area contributed by atoms with Crippen molar-refractivity contribution in [2.45, 2.75) is 43.9 Å². The molecule has 0 saturated heterocycles. The van der Waals surface area contributed by atoms with Gasteiger partial charge in [-0.1, -0.05) is 32.3 Å². The summed E-state index contributed by atoms with van der Waals surface area (Å²) in [6.07, 6.45) is 5.16. The number of hydrogen-bond acceptors (Lipinski definition) is 2. The Morgan fingerprint density at radius 3 is 2.67 bits per heavy atom. The van der Waals surface area contributed by atoms with E-state index in [4.69, 9.17) is 0 Å². The molecule has 2 nitrogen and oxygen atoms in total. The molecule has 0 atom stereocenters. The number of halogens is 1. The van der Waals surface area contributed by atoms with Crippen molar-refractivity contribution in [3.63, 3.8) is 0 Å². The van der Waals surface area contributed by atoms with Crippen LogP contribution in [0, 0.1) is 11.2 Å². The number of carbonyl (C=O) groups excluding carboxylic acids is 1. The van der Waals surface area contributed by atoms with E-state index in [1.807, 2.05) is 6.92 Å². The van der Waals surface area contributed by atoms with Crippen LogP contribution in [-0.4, -0.2) is 5.91 Å². The Kier molecular flexibility index (Phi) is 3.95. The van der Waals surface area contributed by atoms with Crippen LogP contribution in [0.2, 0.25) is 0 Å². The summed E-state index contributed by atoms with van der Waals surface area (Å²) in [5, 5.41) is 2.81. The fourth-order valence-corrected chi connectivity index (χ4v) is 2.65. The average Bonchev–Trinajstić information content (AvgIpc) is 2.36. The predicted octanol–water partition coefficient (Wildman–Crippen LogP) is 4.02. The zero-order valence-electron chi connectivity index (χ0n) is 10.5. The summed E-state index contributed by atoms with van der Waals surface area (Å²) < 4.78 is 13.3. The van der Waals surface area contributed by atoms with Crippen molar-refractivity contribution in [3.05, 3.63) is 24.0 Å². The van der Waals surface area contributed by atoms with Crippen molar-refractivity contribution in [2.75, 3.05) is 5.32 Å². The highest BCUT2D eigenvalue weighted by atomic mass is 32.1. The number of amides is 1. The van der Waals surface area contributed by atoms with E-state index < -0.39 is 5.82 Å². The fourth-order valence-electron chi connectivity index (χ4n) is 2.45. The molecule has 1 aromatic carbocycles. The molecule has 0 heterocycles. The number of nitrogens with one attached hydrogen (secondary N) is 1. The third kappa shape index (κ3) is 2.69. The van der Waals surface area contributed by atoms with Crippen molar-refractivity contribution in [2.24, 2.45) is 5.41 Å². The normalized spacial score (nSPS) is 18.4. The van der Waals surface area contributed by atoms with Gasteiger partial charge in [0.1, 0.15) is 5.82 Å². The van der Waals surface area contributed by atoms with E-state index in [0.29, 0.717) is 5.69 Å². The highest BCUT2D eigenvalue weighted by molar-refractivity contribution is 7.80. The molecule has 2 rings (SSSR count). The van der Waals surface area contributed by atoms with Crippen LogP contribution in [0.25, 0.3) is 0 Å². The first-order chi connectivity index (χ1) is 8.53. The molecular weight excluding hydrogens is 249 g/mol. The van der Waals surface area contributed by atoms with Crippen molar-refractivity contribution in [1.29, 1.82) is 0 Å². The molecule has 1 aromatic rings. The van der Waals surface area contributed by atoms with E-state index in [0.717, 1.165) is 25.7 Å². The molecular formula is C14H18FNOS. The van der Waals surface area contributed by atoms with E-state index in [1.54, 1.807) is 12.1 Å². The number of hydrogen-bond donors (Lipinski definition) is 2. The SMILES string of the molecule is CC1(C(=O)Nc2cccc(F)c2S)CCCCC1. The standard InChI is InChI=1S/C14H18FNOS/c1-14(8-3-2-4-9-14)13(17)16-11-7-5-6-10(15)12(11)18/h5-7,18H,2-4,8-9H2,1H3,(H,16,17). The van der Waals surface area contributed by atoms with Gasteiger partial charge < -0.3 is 5.32 Å². The molecule has 1 N–H and O–H groups in total. The van der Waals surface area contributed by atoms with Gasteiger partial charge in [-0.3, -0.25) is 4.79 Å². The monoisotopic (exact) mass is 267 g/mol. The molecule has 1 aliphatic carbocycles. The van der Waals surface area contributed by atoms with E-state index in [2.05, 4.69) is 17.9 Å². The highest BCUT2D eigenvalue weighted by Gasteiger charge is 2.34. The first-order valence-corrected chi connectivity index (χ1v) is 6.77. The summed E-state index contributed by atoms with van der Waals surface area (Å²) in [4.78, 5) is 12.5. The fraction of sp³-hybridized carbons (Fsp3) is 0.500. The largest absolute Gasteiger partial charge is 0.325 e. The van der Waals surface area contributed by atoms with Crippen LogP contribution in [0.1, 0.15) is 39.0 Å². The second-order valence-electron chi connectivity index (χ2n) is 5.21. The molecule has 1 amide bonds. The molecule has 1 saturated carbocycles. The van der Waals surface area contributed by atoms with Gasteiger partial charge in [0.05, 0.1) is 10.6 Å². The van der Waals surface area contributed by atoms with E-state index in [9.17, 15) is 9.18 Å². The van der Waals surface area contributed by atoms with Crippen LogP contribution in [0.3, 0.4) is 0 Å². The topological polar surface area (TPSA) is 29.1 Å². The van der Waals surface area contributed by atoms with Crippen LogP contribution in [0.4, 0.5) is 10.1 Å². The third-order valence-corrected chi connectivity index (χ3v) is 4.19. The maximum Gasteiger partial charge on any atom is 0.230 e. The van der Waals surface area contributed by atoms with Gasteiger partial charge in [-0.25, -0.2) is 4.39 Å². The molecule has 98 valence electrons. The molecule has 4 heteroatoms. The van der Waals surface area contributed by atoms with Gasteiger partial charge in [-0.2, -0.15) is 0 Å². The maximum atomic E-state index is 13.3. The molecule has 0 unspecified atom stereocenters. The second-order valence-corrected chi connectivity index (χ2v) is 5.66. The third-order valence-electron chi connectivity index (χ3n) is 3.74. The molecule has 0 aromatic heterocycles. The highest BCUT2D eigenvalue weighted by Crippen LogP contribution is 2.37. The van der Waals surface area contributed by atoms with Crippen LogP contribution in [-0.2, 0) is 4.79 Å². The summed E-state index contributed by atoms with van der Waals surface area (Å²) in [5.41, 5.74) is 0.125. The molecule has 0 aliphatic heterocycles. The van der Waals surface area contributed by atoms with E-state index in [-0.39, 0.29) is 16.2 Å². The summed E-state index contributed by atoms with van der Waals surface area (Å²) in [6.45, 7) is 1.99. The quantitative estimate of drug-likeness (QED) is 0.778. The lowest BCUT2D eigenvalue weighted by Gasteiger charge is -2.32. The number of thiol groups is 1. The smallest absolute Gasteiger partial charge is 0.230 e. The average molecular weight is 267 g/mol. The number of benzene rings is 1. The summed E-state index contributed by atoms with van der Waals surface area (Å²) in [6, 6.07) is 4.59. The summed E-state index contributed by atoms with van der Waals surface area (Å²) in [7, 11) is 0. The molecule has 0 spiro atoms. The molecule has 0 bridgehead atoms. The zero-order chi connectivity index (χ0) is 13.2. The molecule has 1 fully saturated rings. The van der Waals surface area contributed by atoms with Crippen LogP contribution >= 0.6 is 12.6 Å². The van der Waals surface area contributed by atoms with Crippen LogP contribution in [0.15, 0.2) is 23.1 Å². The Morgan fingerprint density at radius 2 is 2.00 bits per heavy atom. The van der Waals surface area contributed by atoms with E-state index >= 15 is 0 Å². The number of anilines is 1. The van der Waals surface area contributed by atoms with Gasteiger partial charge >= 0.3 is 0 Å². The maximum absolute atomic E-state index is 13.3. The number of carbonyl (C=O) groups is 1. The minimum Gasteiger partial charge on any atom is -0.325 e. The van der Waals surface area contributed by atoms with Crippen LogP contribution < -0.4 is 5.32 Å². The first kappa shape index (κ1) is 13.4. The van der Waals surface area contributed by atoms with Gasteiger partial charge in [-0.05, 0) is 25.0 Å². The van der Waals surface area contributed by atoms with Gasteiger partial charge in [0.15, 0.2) is 0 Å². The Labute approximate surface area is 112 Å². The lowest BCUT2D eigenvalue weighted by molar-refractivity contribution is -0.126. The van der Waals surface area contributed by atoms with Gasteiger partial charge in [0, 0.05) is 5.41 Å². The van der Waals surface area contributed by atoms with Gasteiger partial charge in [0.25, 0.3) is 0 Å². The van der Waals surface area contributed by atoms with Gasteiger partial charge in [0.2, 0.25) is 5.91 Å². The Morgan fingerprint density at radius 1 is 1.33 bits per heavy atom.